The van der Waals surface area contributed by atoms with Gasteiger partial charge in [0.05, 0.1) is 4.90 Å². The minimum absolute atomic E-state index is 0.0896. The van der Waals surface area contributed by atoms with E-state index in [1.807, 2.05) is 30.9 Å². The number of rotatable bonds is 7. The first-order chi connectivity index (χ1) is 10.4. The molecular weight excluding hydrogens is 300 g/mol. The van der Waals surface area contributed by atoms with Crippen molar-refractivity contribution in [3.63, 3.8) is 0 Å². The van der Waals surface area contributed by atoms with E-state index >= 15 is 0 Å². The van der Waals surface area contributed by atoms with Crippen LogP contribution in [0.4, 0.5) is 0 Å². The monoisotopic (exact) mass is 324 g/mol. The van der Waals surface area contributed by atoms with E-state index < -0.39 is 10.0 Å². The molecule has 1 atom stereocenters. The summed E-state index contributed by atoms with van der Waals surface area (Å²) in [6.45, 7) is 5.71. The summed E-state index contributed by atoms with van der Waals surface area (Å²) in [4.78, 5) is 13.7. The highest BCUT2D eigenvalue weighted by atomic mass is 32.2. The molecule has 0 aromatic heterocycles. The maximum atomic E-state index is 12.2. The Hall–Kier alpha value is -1.40. The van der Waals surface area contributed by atoms with Gasteiger partial charge >= 0.3 is 0 Å². The smallest absolute Gasteiger partial charge is 0.240 e. The lowest BCUT2D eigenvalue weighted by Crippen LogP contribution is -2.36. The largest absolute Gasteiger partial charge is 0.342 e. The van der Waals surface area contributed by atoms with Crippen molar-refractivity contribution in [3.05, 3.63) is 29.8 Å². The van der Waals surface area contributed by atoms with Crippen LogP contribution in [0.3, 0.4) is 0 Å². The van der Waals surface area contributed by atoms with E-state index in [0.717, 1.165) is 24.9 Å². The lowest BCUT2D eigenvalue weighted by atomic mass is 10.2. The third-order valence-electron chi connectivity index (χ3n) is 3.97. The van der Waals surface area contributed by atoms with Crippen LogP contribution in [-0.2, 0) is 21.2 Å². The molecule has 0 spiro atoms. The number of carbonyl (C=O) groups excluding carboxylic acids is 1. The first kappa shape index (κ1) is 17.0. The number of sulfonamides is 1. The van der Waals surface area contributed by atoms with Crippen molar-refractivity contribution >= 4 is 15.9 Å². The number of likely N-dealkylation sites (tertiary alicyclic amines) is 1. The number of hydrogen-bond acceptors (Lipinski definition) is 3. The first-order valence-electron chi connectivity index (χ1n) is 7.78. The molecule has 1 aromatic rings. The zero-order chi connectivity index (χ0) is 16.2. The molecule has 2 rings (SSSR count). The second kappa shape index (κ2) is 7.24. The highest BCUT2D eigenvalue weighted by Crippen LogP contribution is 2.14. The number of carbonyl (C=O) groups is 1. The van der Waals surface area contributed by atoms with E-state index in [4.69, 9.17) is 0 Å². The molecule has 1 amide bonds. The molecule has 1 unspecified atom stereocenters. The number of hydrogen-bond donors (Lipinski definition) is 1. The highest BCUT2D eigenvalue weighted by molar-refractivity contribution is 7.89. The molecule has 1 N–H and O–H groups in total. The van der Waals surface area contributed by atoms with Crippen LogP contribution in [0.1, 0.15) is 32.3 Å². The van der Waals surface area contributed by atoms with Crippen LogP contribution in [0.5, 0.6) is 0 Å². The van der Waals surface area contributed by atoms with Gasteiger partial charge in [-0.2, -0.15) is 0 Å². The lowest BCUT2D eigenvalue weighted by molar-refractivity contribution is -0.128. The van der Waals surface area contributed by atoms with Gasteiger partial charge in [0.15, 0.2) is 0 Å². The van der Waals surface area contributed by atoms with Gasteiger partial charge in [0.1, 0.15) is 0 Å². The number of nitrogens with zero attached hydrogens (tertiary/aromatic N) is 1. The van der Waals surface area contributed by atoms with Crippen molar-refractivity contribution in [2.45, 2.75) is 38.0 Å². The molecule has 122 valence electrons. The molecule has 1 saturated heterocycles. The van der Waals surface area contributed by atoms with E-state index in [1.54, 1.807) is 12.1 Å². The topological polar surface area (TPSA) is 66.5 Å². The summed E-state index contributed by atoms with van der Waals surface area (Å²) < 4.78 is 27.1. The van der Waals surface area contributed by atoms with Crippen LogP contribution in [-0.4, -0.2) is 38.9 Å². The maximum absolute atomic E-state index is 12.2. The minimum atomic E-state index is -3.48. The van der Waals surface area contributed by atoms with Gasteiger partial charge in [0, 0.05) is 26.1 Å². The van der Waals surface area contributed by atoms with Gasteiger partial charge in [0.25, 0.3) is 0 Å². The summed E-state index contributed by atoms with van der Waals surface area (Å²) in [6.07, 6.45) is 2.40. The van der Waals surface area contributed by atoms with Crippen LogP contribution in [0.15, 0.2) is 29.2 Å². The molecule has 0 aliphatic carbocycles. The first-order valence-corrected chi connectivity index (χ1v) is 9.27. The Morgan fingerprint density at radius 2 is 1.95 bits per heavy atom. The van der Waals surface area contributed by atoms with Crippen molar-refractivity contribution < 1.29 is 13.2 Å². The summed E-state index contributed by atoms with van der Waals surface area (Å²) in [6, 6.07) is 6.94. The fourth-order valence-electron chi connectivity index (χ4n) is 2.58. The Morgan fingerprint density at radius 3 is 2.50 bits per heavy atom. The Bertz CT molecular complexity index is 611. The fourth-order valence-corrected chi connectivity index (χ4v) is 3.74. The highest BCUT2D eigenvalue weighted by Gasteiger charge is 2.22. The molecule has 1 fully saturated rings. The van der Waals surface area contributed by atoms with Crippen LogP contribution in [0.25, 0.3) is 0 Å². The lowest BCUT2D eigenvalue weighted by Gasteiger charge is -2.21. The van der Waals surface area contributed by atoms with Crippen molar-refractivity contribution in [3.8, 4) is 0 Å². The Kier molecular flexibility index (Phi) is 5.58. The molecule has 22 heavy (non-hydrogen) atoms. The molecule has 6 heteroatoms. The van der Waals surface area contributed by atoms with Crippen molar-refractivity contribution in [1.82, 2.24) is 9.62 Å². The van der Waals surface area contributed by atoms with E-state index in [-0.39, 0.29) is 16.7 Å². The average molecular weight is 324 g/mol. The zero-order valence-electron chi connectivity index (χ0n) is 13.2. The second-order valence-electron chi connectivity index (χ2n) is 5.90. The minimum Gasteiger partial charge on any atom is -0.342 e. The zero-order valence-corrected chi connectivity index (χ0v) is 14.0. The number of aryl methyl sites for hydroxylation is 1. The van der Waals surface area contributed by atoms with Gasteiger partial charge in [-0.25, -0.2) is 13.1 Å². The molecular formula is C16H24N2O3S. The van der Waals surface area contributed by atoms with E-state index in [9.17, 15) is 13.2 Å². The SMILES string of the molecule is CCc1ccc(S(=O)(=O)NCC(C)CN2CCCC2=O)cc1. The molecule has 0 saturated carbocycles. The predicted molar refractivity (Wildman–Crippen MR) is 86.0 cm³/mol. The van der Waals surface area contributed by atoms with Gasteiger partial charge in [0.2, 0.25) is 15.9 Å². The molecule has 1 aliphatic heterocycles. The normalized spacial score (nSPS) is 17.0. The summed E-state index contributed by atoms with van der Waals surface area (Å²) in [7, 11) is -3.48. The van der Waals surface area contributed by atoms with Crippen molar-refractivity contribution in [2.24, 2.45) is 5.92 Å². The quantitative estimate of drug-likeness (QED) is 0.831. The van der Waals surface area contributed by atoms with Crippen LogP contribution in [0, 0.1) is 5.92 Å². The third kappa shape index (κ3) is 4.30. The fraction of sp³-hybridized carbons (Fsp3) is 0.562. The van der Waals surface area contributed by atoms with Gasteiger partial charge in [-0.15, -0.1) is 0 Å². The molecule has 1 aromatic carbocycles. The summed E-state index contributed by atoms with van der Waals surface area (Å²) >= 11 is 0. The predicted octanol–water partition coefficient (Wildman–Crippen LogP) is 1.79. The summed E-state index contributed by atoms with van der Waals surface area (Å²) in [5.74, 6) is 0.261. The second-order valence-corrected chi connectivity index (χ2v) is 7.66. The summed E-state index contributed by atoms with van der Waals surface area (Å²) in [5.41, 5.74) is 1.11. The Labute approximate surface area is 132 Å². The van der Waals surface area contributed by atoms with Gasteiger partial charge in [-0.05, 0) is 36.5 Å². The number of benzene rings is 1. The van der Waals surface area contributed by atoms with Crippen molar-refractivity contribution in [1.29, 1.82) is 0 Å². The Morgan fingerprint density at radius 1 is 1.27 bits per heavy atom. The van der Waals surface area contributed by atoms with Gasteiger partial charge < -0.3 is 4.90 Å². The van der Waals surface area contributed by atoms with Crippen molar-refractivity contribution in [2.75, 3.05) is 19.6 Å². The summed E-state index contributed by atoms with van der Waals surface area (Å²) in [5, 5.41) is 0. The van der Waals surface area contributed by atoms with E-state index in [1.165, 1.54) is 0 Å². The standard InChI is InChI=1S/C16H24N2O3S/c1-3-14-6-8-15(9-7-14)22(20,21)17-11-13(2)12-18-10-4-5-16(18)19/h6-9,13,17H,3-5,10-12H2,1-2H3. The molecule has 0 bridgehead atoms. The molecule has 0 radical (unpaired) electrons. The molecule has 1 aliphatic rings. The Balaban J connectivity index is 1.89. The number of nitrogens with one attached hydrogen (secondary N) is 1. The number of amides is 1. The van der Waals surface area contributed by atoms with E-state index in [0.29, 0.717) is 19.5 Å². The van der Waals surface area contributed by atoms with Gasteiger partial charge in [-0.3, -0.25) is 4.79 Å². The van der Waals surface area contributed by atoms with Crippen LogP contribution >= 0.6 is 0 Å². The third-order valence-corrected chi connectivity index (χ3v) is 5.41. The van der Waals surface area contributed by atoms with Crippen LogP contribution in [0.2, 0.25) is 0 Å². The molecule has 5 nitrogen and oxygen atoms in total. The average Bonchev–Trinajstić information content (AvgIpc) is 2.90. The van der Waals surface area contributed by atoms with Crippen LogP contribution < -0.4 is 4.72 Å². The van der Waals surface area contributed by atoms with Gasteiger partial charge in [-0.1, -0.05) is 26.0 Å². The maximum Gasteiger partial charge on any atom is 0.240 e. The molecule has 1 heterocycles. The van der Waals surface area contributed by atoms with E-state index in [2.05, 4.69) is 4.72 Å².